The highest BCUT2D eigenvalue weighted by Gasteiger charge is 2.35. The van der Waals surface area contributed by atoms with Gasteiger partial charge in [0.1, 0.15) is 17.3 Å². The molecule has 13 heteroatoms. The lowest BCUT2D eigenvalue weighted by atomic mass is 10.3. The van der Waals surface area contributed by atoms with Crippen LogP contribution in [-0.2, 0) is 20.8 Å². The van der Waals surface area contributed by atoms with Gasteiger partial charge in [0.2, 0.25) is 11.9 Å². The fraction of sp³-hybridized carbons (Fsp3) is 0.227. The first-order valence-corrected chi connectivity index (χ1v) is 12.0. The van der Waals surface area contributed by atoms with Gasteiger partial charge < -0.3 is 21.3 Å². The first-order valence-electron chi connectivity index (χ1n) is 10.4. The molecule has 0 atom stereocenters. The van der Waals surface area contributed by atoms with Crippen molar-refractivity contribution in [3.05, 3.63) is 66.4 Å². The second kappa shape index (κ2) is 11.0. The molecule has 4 N–H and O–H groups in total. The van der Waals surface area contributed by atoms with Crippen molar-refractivity contribution in [2.75, 3.05) is 34.9 Å². The molecule has 0 bridgehead atoms. The van der Waals surface area contributed by atoms with Gasteiger partial charge >= 0.3 is 6.18 Å². The average Bonchev–Trinajstić information content (AvgIpc) is 2.81. The van der Waals surface area contributed by atoms with Crippen molar-refractivity contribution in [2.45, 2.75) is 18.0 Å². The van der Waals surface area contributed by atoms with Gasteiger partial charge in [-0.25, -0.2) is 13.4 Å². The smallest absolute Gasteiger partial charge is 0.371 e. The molecule has 2 aromatic carbocycles. The summed E-state index contributed by atoms with van der Waals surface area (Å²) >= 11 is 0. The number of alkyl halides is 3. The molecule has 0 fully saturated rings. The van der Waals surface area contributed by atoms with Crippen LogP contribution in [-0.4, -0.2) is 43.3 Å². The minimum atomic E-state index is -4.66. The van der Waals surface area contributed by atoms with Crippen LogP contribution in [0.15, 0.2) is 65.7 Å². The number of hydrogen-bond acceptors (Lipinski definition) is 8. The molecule has 186 valence electrons. The molecule has 3 aromatic rings. The van der Waals surface area contributed by atoms with Crippen LogP contribution in [0.2, 0.25) is 0 Å². The van der Waals surface area contributed by atoms with Gasteiger partial charge in [-0.15, -0.1) is 0 Å². The lowest BCUT2D eigenvalue weighted by Crippen LogP contribution is -2.27. The van der Waals surface area contributed by atoms with Crippen LogP contribution < -0.4 is 21.3 Å². The number of aromatic nitrogens is 2. The molecular formula is C22H23F3N6O3S. The largest absolute Gasteiger partial charge is 0.421 e. The van der Waals surface area contributed by atoms with Gasteiger partial charge in [0, 0.05) is 37.6 Å². The van der Waals surface area contributed by atoms with Gasteiger partial charge in [0.15, 0.2) is 9.84 Å². The van der Waals surface area contributed by atoms with E-state index in [1.807, 2.05) is 0 Å². The van der Waals surface area contributed by atoms with Crippen LogP contribution in [0.4, 0.5) is 36.3 Å². The first kappa shape index (κ1) is 25.7. The average molecular weight is 509 g/mol. The third-order valence-corrected chi connectivity index (χ3v) is 6.11. The van der Waals surface area contributed by atoms with Gasteiger partial charge in [-0.05, 0) is 36.4 Å². The molecule has 0 aliphatic carbocycles. The molecule has 3 rings (SSSR count). The zero-order chi connectivity index (χ0) is 25.5. The second-order valence-corrected chi connectivity index (χ2v) is 9.30. The summed E-state index contributed by atoms with van der Waals surface area (Å²) in [4.78, 5) is 18.8. The molecule has 0 saturated carbocycles. The number of sulfone groups is 1. The van der Waals surface area contributed by atoms with E-state index < -0.39 is 27.4 Å². The Labute approximate surface area is 200 Å². The maximum Gasteiger partial charge on any atom is 0.421 e. The highest BCUT2D eigenvalue weighted by atomic mass is 32.2. The minimum absolute atomic E-state index is 0.0331. The molecule has 0 saturated heterocycles. The molecule has 0 aliphatic heterocycles. The van der Waals surface area contributed by atoms with E-state index in [2.05, 4.69) is 31.2 Å². The van der Waals surface area contributed by atoms with E-state index in [1.54, 1.807) is 42.5 Å². The van der Waals surface area contributed by atoms with Crippen molar-refractivity contribution in [3.8, 4) is 0 Å². The Kier molecular flexibility index (Phi) is 8.12. The molecule has 1 aromatic heterocycles. The predicted octanol–water partition coefficient (Wildman–Crippen LogP) is 3.63. The minimum Gasteiger partial charge on any atom is -0.371 e. The van der Waals surface area contributed by atoms with Crippen molar-refractivity contribution >= 4 is 38.9 Å². The van der Waals surface area contributed by atoms with Crippen LogP contribution in [0.3, 0.4) is 0 Å². The topological polar surface area (TPSA) is 125 Å². The number of halogens is 3. The maximum absolute atomic E-state index is 13.3. The summed E-state index contributed by atoms with van der Waals surface area (Å²) in [6, 6.07) is 14.4. The van der Waals surface area contributed by atoms with Crippen molar-refractivity contribution < 1.29 is 26.4 Å². The van der Waals surface area contributed by atoms with Gasteiger partial charge in [-0.1, -0.05) is 18.2 Å². The quantitative estimate of drug-likeness (QED) is 0.306. The first-order chi connectivity index (χ1) is 16.5. The van der Waals surface area contributed by atoms with Crippen LogP contribution in [0, 0.1) is 0 Å². The second-order valence-electron chi connectivity index (χ2n) is 7.31. The van der Waals surface area contributed by atoms with E-state index in [-0.39, 0.29) is 35.7 Å². The summed E-state index contributed by atoms with van der Waals surface area (Å²) in [6.07, 6.45) is -4.00. The third kappa shape index (κ3) is 7.57. The molecule has 9 nitrogen and oxygen atoms in total. The van der Waals surface area contributed by atoms with Crippen molar-refractivity contribution in [2.24, 2.45) is 0 Å². The molecule has 0 unspecified atom stereocenters. The third-order valence-electron chi connectivity index (χ3n) is 4.60. The van der Waals surface area contributed by atoms with Gasteiger partial charge in [-0.2, -0.15) is 18.2 Å². The molecule has 1 amide bonds. The fourth-order valence-corrected chi connectivity index (χ4v) is 3.99. The zero-order valence-electron chi connectivity index (χ0n) is 18.6. The van der Waals surface area contributed by atoms with Crippen molar-refractivity contribution in [1.29, 1.82) is 0 Å². The number of hydrogen-bond donors (Lipinski definition) is 4. The van der Waals surface area contributed by atoms with Crippen LogP contribution in [0.5, 0.6) is 0 Å². The highest BCUT2D eigenvalue weighted by molar-refractivity contribution is 7.91. The van der Waals surface area contributed by atoms with Crippen molar-refractivity contribution in [1.82, 2.24) is 15.3 Å². The number of carbonyl (C=O) groups excluding carboxylic acids is 1. The molecular weight excluding hydrogens is 485 g/mol. The SMILES string of the molecule is CC(=O)NCCNc1nc(Nc2ccc(NCS(=O)(=O)c3ccccc3)cc2)ncc1C(F)(F)F. The molecule has 1 heterocycles. The summed E-state index contributed by atoms with van der Waals surface area (Å²) in [5.41, 5.74) is -0.0285. The van der Waals surface area contributed by atoms with E-state index in [9.17, 15) is 26.4 Å². The normalized spacial score (nSPS) is 11.5. The predicted molar refractivity (Wildman–Crippen MR) is 126 cm³/mol. The lowest BCUT2D eigenvalue weighted by Gasteiger charge is -2.15. The van der Waals surface area contributed by atoms with E-state index in [4.69, 9.17) is 0 Å². The summed E-state index contributed by atoms with van der Waals surface area (Å²) in [5, 5.41) is 10.7. The Bertz CT molecular complexity index is 1250. The standard InChI is InChI=1S/C22H23F3N6O3S/c1-15(32)26-11-12-27-20-19(22(23,24)25)13-28-21(31-20)30-17-9-7-16(8-10-17)29-14-35(33,34)18-5-3-2-4-6-18/h2-10,13,29H,11-12,14H2,1H3,(H,26,32)(H2,27,28,30,31). The zero-order valence-corrected chi connectivity index (χ0v) is 19.4. The number of nitrogens with one attached hydrogen (secondary N) is 4. The van der Waals surface area contributed by atoms with Crippen LogP contribution >= 0.6 is 0 Å². The Balaban J connectivity index is 1.66. The number of benzene rings is 2. The van der Waals surface area contributed by atoms with Gasteiger partial charge in [0.25, 0.3) is 0 Å². The van der Waals surface area contributed by atoms with E-state index in [0.717, 1.165) is 0 Å². The number of carbonyl (C=O) groups is 1. The fourth-order valence-electron chi connectivity index (χ4n) is 2.89. The Morgan fingerprint density at radius 1 is 0.943 bits per heavy atom. The molecule has 0 aliphatic rings. The summed E-state index contributed by atoms with van der Waals surface area (Å²) < 4.78 is 64.6. The summed E-state index contributed by atoms with van der Waals surface area (Å²) in [7, 11) is -3.52. The Morgan fingerprint density at radius 2 is 1.60 bits per heavy atom. The number of rotatable bonds is 10. The monoisotopic (exact) mass is 508 g/mol. The van der Waals surface area contributed by atoms with Crippen LogP contribution in [0.1, 0.15) is 12.5 Å². The maximum atomic E-state index is 13.3. The van der Waals surface area contributed by atoms with Gasteiger partial charge in [-0.3, -0.25) is 4.79 Å². The van der Waals surface area contributed by atoms with E-state index in [1.165, 1.54) is 19.1 Å². The Morgan fingerprint density at radius 3 is 2.23 bits per heavy atom. The number of nitrogens with zero attached hydrogens (tertiary/aromatic N) is 2. The molecule has 0 radical (unpaired) electrons. The highest BCUT2D eigenvalue weighted by Crippen LogP contribution is 2.34. The molecule has 35 heavy (non-hydrogen) atoms. The Hall–Kier alpha value is -3.87. The summed E-state index contributed by atoms with van der Waals surface area (Å²) in [6.45, 7) is 1.45. The van der Waals surface area contributed by atoms with Crippen LogP contribution in [0.25, 0.3) is 0 Å². The summed E-state index contributed by atoms with van der Waals surface area (Å²) in [5.74, 6) is -1.11. The lowest BCUT2D eigenvalue weighted by molar-refractivity contribution is -0.137. The number of anilines is 4. The van der Waals surface area contributed by atoms with Crippen molar-refractivity contribution in [3.63, 3.8) is 0 Å². The molecule has 0 spiro atoms. The number of amides is 1. The van der Waals surface area contributed by atoms with E-state index in [0.29, 0.717) is 17.6 Å². The van der Waals surface area contributed by atoms with E-state index >= 15 is 0 Å². The van der Waals surface area contributed by atoms with Gasteiger partial charge in [0.05, 0.1) is 4.90 Å².